The van der Waals surface area contributed by atoms with Crippen molar-refractivity contribution in [2.45, 2.75) is 148 Å². The Hall–Kier alpha value is -1.35. The van der Waals surface area contributed by atoms with E-state index in [-0.39, 0.29) is 30.0 Å². The van der Waals surface area contributed by atoms with Crippen molar-refractivity contribution in [1.82, 2.24) is 0 Å². The number of hydrogen-bond donors (Lipinski definition) is 0. The van der Waals surface area contributed by atoms with E-state index in [1.165, 1.54) is 11.1 Å². The Morgan fingerprint density at radius 1 is 0.929 bits per heavy atom. The summed E-state index contributed by atoms with van der Waals surface area (Å²) in [6.07, 6.45) is 1.29. The molecule has 2 saturated carbocycles. The van der Waals surface area contributed by atoms with E-state index in [9.17, 15) is 4.79 Å². The summed E-state index contributed by atoms with van der Waals surface area (Å²) in [6.45, 7) is 20.0. The van der Waals surface area contributed by atoms with Crippen molar-refractivity contribution in [3.8, 4) is 0 Å². The zero-order valence-electron chi connectivity index (χ0n) is 27.3. The number of hydrogen-bond acceptors (Lipinski definition) is 6. The molecule has 6 rings (SSSR count). The second kappa shape index (κ2) is 10.3. The van der Waals surface area contributed by atoms with Crippen LogP contribution in [0.5, 0.6) is 0 Å². The van der Waals surface area contributed by atoms with Gasteiger partial charge in [0.1, 0.15) is 23.6 Å². The first-order valence-electron chi connectivity index (χ1n) is 16.4. The standard InChI is InChI=1S/C35H52O6Si/c1-10-42(11-2,12-3)41-25-21-35-29(37-31(40-35)23-17-14-13-15-18-23)27-24(36)19-16-20-34(27,9)30-28(38-33(7,8)39-30)26(22(25)4)32(35,5)6/h13-15,17-18,25,27-31H,10-12,16,19-21H2,1-9H3/t25-,27-,28+,29-,30-,31?,34+,35+/m0/s1. The van der Waals surface area contributed by atoms with Gasteiger partial charge in [-0.2, -0.15) is 0 Å². The van der Waals surface area contributed by atoms with E-state index in [4.69, 9.17) is 23.4 Å². The third-order valence-electron chi connectivity index (χ3n) is 12.1. The first-order chi connectivity index (χ1) is 19.8. The van der Waals surface area contributed by atoms with Crippen LogP contribution >= 0.6 is 0 Å². The van der Waals surface area contributed by atoms with Crippen LogP contribution in [0.1, 0.15) is 99.9 Å². The molecule has 1 spiro atoms. The summed E-state index contributed by atoms with van der Waals surface area (Å²) in [5.74, 6) is -0.869. The van der Waals surface area contributed by atoms with Gasteiger partial charge in [-0.15, -0.1) is 0 Å². The molecule has 42 heavy (non-hydrogen) atoms. The Morgan fingerprint density at radius 2 is 1.60 bits per heavy atom. The summed E-state index contributed by atoms with van der Waals surface area (Å²) in [5, 5.41) is 0. The van der Waals surface area contributed by atoms with Crippen molar-refractivity contribution in [3.63, 3.8) is 0 Å². The molecule has 8 atom stereocenters. The highest BCUT2D eigenvalue weighted by molar-refractivity contribution is 6.73. The summed E-state index contributed by atoms with van der Waals surface area (Å²) in [7, 11) is -1.99. The summed E-state index contributed by atoms with van der Waals surface area (Å²) in [5.41, 5.74) is 1.74. The SMILES string of the molecule is CC[Si](CC)(CC)O[C@H]1C[C@@]23OC(c4ccccc4)O[C@H]2[C@@H]2C(=O)CCC[C@@]2(C)[C@H]2OC(C)(C)O[C@@H]2C(=C1C)C3(C)C. The maximum Gasteiger partial charge on any atom is 0.192 e. The van der Waals surface area contributed by atoms with Gasteiger partial charge in [0.2, 0.25) is 0 Å². The van der Waals surface area contributed by atoms with E-state index < -0.39 is 42.9 Å². The second-order valence-corrected chi connectivity index (χ2v) is 19.6. The monoisotopic (exact) mass is 596 g/mol. The average Bonchev–Trinajstić information content (AvgIpc) is 3.49. The Bertz CT molecular complexity index is 1230. The molecular formula is C35H52O6Si. The van der Waals surface area contributed by atoms with Crippen LogP contribution in [0, 0.1) is 16.7 Å². The first-order valence-corrected chi connectivity index (χ1v) is 19.0. The molecule has 232 valence electrons. The van der Waals surface area contributed by atoms with Crippen molar-refractivity contribution in [2.24, 2.45) is 16.7 Å². The molecule has 0 N–H and O–H groups in total. The number of ketones is 1. The zero-order valence-corrected chi connectivity index (χ0v) is 28.3. The van der Waals surface area contributed by atoms with E-state index in [1.807, 2.05) is 32.0 Å². The van der Waals surface area contributed by atoms with Crippen LogP contribution in [0.4, 0.5) is 0 Å². The molecule has 3 aliphatic carbocycles. The fraction of sp³-hybridized carbons (Fsp3) is 0.743. The fourth-order valence-electron chi connectivity index (χ4n) is 9.50. The number of benzene rings is 1. The van der Waals surface area contributed by atoms with Crippen LogP contribution in [0.15, 0.2) is 41.5 Å². The molecule has 2 aliphatic heterocycles. The van der Waals surface area contributed by atoms with Crippen LogP contribution in [-0.4, -0.2) is 49.9 Å². The van der Waals surface area contributed by atoms with E-state index >= 15 is 0 Å². The molecule has 7 heteroatoms. The molecule has 1 unspecified atom stereocenters. The lowest BCUT2D eigenvalue weighted by molar-refractivity contribution is -0.184. The minimum atomic E-state index is -1.99. The lowest BCUT2D eigenvalue weighted by atomic mass is 9.48. The zero-order chi connectivity index (χ0) is 30.3. The van der Waals surface area contributed by atoms with E-state index in [0.717, 1.165) is 36.5 Å². The predicted molar refractivity (Wildman–Crippen MR) is 165 cm³/mol. The van der Waals surface area contributed by atoms with Gasteiger partial charge in [-0.25, -0.2) is 0 Å². The molecule has 0 radical (unpaired) electrons. The Balaban J connectivity index is 1.61. The normalized spacial score (nSPS) is 40.6. The van der Waals surface area contributed by atoms with E-state index in [1.54, 1.807) is 0 Å². The third-order valence-corrected chi connectivity index (χ3v) is 16.8. The minimum absolute atomic E-state index is 0.129. The Labute approximate surface area is 254 Å². The highest BCUT2D eigenvalue weighted by Crippen LogP contribution is 2.67. The molecule has 2 heterocycles. The van der Waals surface area contributed by atoms with Crippen LogP contribution in [0.3, 0.4) is 0 Å². The van der Waals surface area contributed by atoms with Gasteiger partial charge in [-0.1, -0.05) is 71.9 Å². The molecule has 2 saturated heterocycles. The molecule has 0 aromatic heterocycles. The van der Waals surface area contributed by atoms with Gasteiger partial charge in [0.15, 0.2) is 20.4 Å². The quantitative estimate of drug-likeness (QED) is 0.246. The maximum absolute atomic E-state index is 14.2. The molecule has 2 bridgehead atoms. The van der Waals surface area contributed by atoms with Crippen LogP contribution < -0.4 is 0 Å². The molecule has 1 aromatic carbocycles. The Kier molecular flexibility index (Phi) is 7.55. The lowest BCUT2D eigenvalue weighted by Gasteiger charge is -2.61. The highest BCUT2D eigenvalue weighted by Gasteiger charge is 2.73. The van der Waals surface area contributed by atoms with Gasteiger partial charge in [0, 0.05) is 29.2 Å². The summed E-state index contributed by atoms with van der Waals surface area (Å²) < 4.78 is 35.6. The van der Waals surface area contributed by atoms with Crippen molar-refractivity contribution in [2.75, 3.05) is 0 Å². The molecular weight excluding hydrogens is 544 g/mol. The maximum atomic E-state index is 14.2. The number of fused-ring (bicyclic) bond motifs is 6. The summed E-state index contributed by atoms with van der Waals surface area (Å²) >= 11 is 0. The molecule has 4 fully saturated rings. The van der Waals surface area contributed by atoms with Gasteiger partial charge >= 0.3 is 0 Å². The summed E-state index contributed by atoms with van der Waals surface area (Å²) in [4.78, 5) is 14.2. The fourth-order valence-corrected chi connectivity index (χ4v) is 12.4. The minimum Gasteiger partial charge on any atom is -0.410 e. The topological polar surface area (TPSA) is 63.2 Å². The molecule has 5 aliphatic rings. The van der Waals surface area contributed by atoms with Gasteiger partial charge in [-0.05, 0) is 62.9 Å². The van der Waals surface area contributed by atoms with E-state index in [0.29, 0.717) is 12.8 Å². The third kappa shape index (κ3) is 4.32. The predicted octanol–water partition coefficient (Wildman–Crippen LogP) is 7.89. The summed E-state index contributed by atoms with van der Waals surface area (Å²) in [6, 6.07) is 13.4. The van der Waals surface area contributed by atoms with Crippen molar-refractivity contribution in [3.05, 3.63) is 47.0 Å². The molecule has 6 nitrogen and oxygen atoms in total. The second-order valence-electron chi connectivity index (χ2n) is 14.9. The number of carbonyl (C=O) groups is 1. The smallest absolute Gasteiger partial charge is 0.192 e. The van der Waals surface area contributed by atoms with Gasteiger partial charge < -0.3 is 23.4 Å². The van der Waals surface area contributed by atoms with Gasteiger partial charge in [0.05, 0.1) is 18.1 Å². The lowest BCUT2D eigenvalue weighted by Crippen LogP contribution is -2.69. The number of Topliss-reactive ketones (excluding diaryl/α,β-unsaturated/α-hetero) is 1. The highest BCUT2D eigenvalue weighted by atomic mass is 28.4. The van der Waals surface area contributed by atoms with Gasteiger partial charge in [-0.3, -0.25) is 4.79 Å². The number of carbonyl (C=O) groups excluding carboxylic acids is 1. The first kappa shape index (κ1) is 30.7. The molecule has 1 aromatic rings. The van der Waals surface area contributed by atoms with Gasteiger partial charge in [0.25, 0.3) is 0 Å². The van der Waals surface area contributed by atoms with Crippen molar-refractivity contribution >= 4 is 14.1 Å². The number of rotatable bonds is 6. The van der Waals surface area contributed by atoms with E-state index in [2.05, 4.69) is 60.6 Å². The van der Waals surface area contributed by atoms with Crippen molar-refractivity contribution in [1.29, 1.82) is 0 Å². The average molecular weight is 597 g/mol. The van der Waals surface area contributed by atoms with Crippen molar-refractivity contribution < 1.29 is 28.2 Å². The van der Waals surface area contributed by atoms with Crippen LogP contribution in [0.25, 0.3) is 0 Å². The largest absolute Gasteiger partial charge is 0.410 e. The number of ether oxygens (including phenoxy) is 4. The van der Waals surface area contributed by atoms with Crippen LogP contribution in [-0.2, 0) is 28.2 Å². The Morgan fingerprint density at radius 3 is 2.24 bits per heavy atom. The van der Waals surface area contributed by atoms with Crippen LogP contribution in [0.2, 0.25) is 18.1 Å². The molecule has 0 amide bonds.